The normalized spacial score (nSPS) is 10.1. The molecule has 0 bridgehead atoms. The lowest BCUT2D eigenvalue weighted by Gasteiger charge is -2.18. The quantitative estimate of drug-likeness (QED) is 0.710. The molecule has 5 heteroatoms. The zero-order chi connectivity index (χ0) is 14.3. The minimum absolute atomic E-state index is 0.0672. The van der Waals surface area contributed by atoms with Gasteiger partial charge in [-0.1, -0.05) is 12.1 Å². The van der Waals surface area contributed by atoms with Crippen molar-refractivity contribution in [2.24, 2.45) is 0 Å². The summed E-state index contributed by atoms with van der Waals surface area (Å²) in [6, 6.07) is 6.25. The minimum Gasteiger partial charge on any atom is -0.466 e. The summed E-state index contributed by atoms with van der Waals surface area (Å²) < 4.78 is 18.2. The van der Waals surface area contributed by atoms with Crippen LogP contribution < -0.4 is 4.90 Å². The zero-order valence-corrected chi connectivity index (χ0v) is 11.2. The van der Waals surface area contributed by atoms with E-state index in [1.54, 1.807) is 32.2 Å². The Bertz CT molecular complexity index is 448. The summed E-state index contributed by atoms with van der Waals surface area (Å²) in [6.07, 6.45) is 0.176. The van der Waals surface area contributed by atoms with E-state index < -0.39 is 0 Å². The molecular formula is C14H18FNO3. The molecule has 0 saturated heterocycles. The van der Waals surface area contributed by atoms with E-state index in [1.807, 2.05) is 0 Å². The van der Waals surface area contributed by atoms with Crippen LogP contribution in [0, 0.1) is 5.82 Å². The predicted octanol–water partition coefficient (Wildman–Crippen LogP) is 2.17. The van der Waals surface area contributed by atoms with Crippen LogP contribution in [-0.4, -0.2) is 32.0 Å². The number of rotatable bonds is 7. The van der Waals surface area contributed by atoms with Crippen LogP contribution in [-0.2, 0) is 14.3 Å². The van der Waals surface area contributed by atoms with Crippen molar-refractivity contribution < 1.29 is 18.7 Å². The van der Waals surface area contributed by atoms with Crippen LogP contribution in [0.4, 0.5) is 10.1 Å². The summed E-state index contributed by atoms with van der Waals surface area (Å²) in [4.78, 5) is 24.3. The van der Waals surface area contributed by atoms with Gasteiger partial charge in [0.1, 0.15) is 5.82 Å². The molecule has 0 aromatic heterocycles. The first kappa shape index (κ1) is 15.1. The van der Waals surface area contributed by atoms with Crippen LogP contribution in [0.15, 0.2) is 24.3 Å². The monoisotopic (exact) mass is 267 g/mol. The van der Waals surface area contributed by atoms with Gasteiger partial charge >= 0.3 is 5.97 Å². The second-order valence-corrected chi connectivity index (χ2v) is 4.15. The number of carbonyl (C=O) groups excluding carboxylic acids is 2. The average molecular weight is 267 g/mol. The maximum Gasteiger partial charge on any atom is 0.306 e. The van der Waals surface area contributed by atoms with Crippen molar-refractivity contribution in [2.75, 3.05) is 25.1 Å². The Morgan fingerprint density at radius 2 is 1.95 bits per heavy atom. The molecule has 1 rings (SSSR count). The van der Waals surface area contributed by atoms with Gasteiger partial charge in [-0.2, -0.15) is 0 Å². The SMILES string of the molecule is CCOC(=O)CCC(=O)CN(C)c1ccccc1F. The molecule has 0 radical (unpaired) electrons. The third kappa shape index (κ3) is 5.07. The second-order valence-electron chi connectivity index (χ2n) is 4.15. The van der Waals surface area contributed by atoms with E-state index in [0.717, 1.165) is 0 Å². The third-order valence-corrected chi connectivity index (χ3v) is 2.59. The maximum atomic E-state index is 13.5. The molecule has 104 valence electrons. The molecule has 4 nitrogen and oxygen atoms in total. The third-order valence-electron chi connectivity index (χ3n) is 2.59. The van der Waals surface area contributed by atoms with Crippen LogP contribution in [0.1, 0.15) is 19.8 Å². The Balaban J connectivity index is 2.44. The van der Waals surface area contributed by atoms with Crippen molar-refractivity contribution in [3.63, 3.8) is 0 Å². The molecular weight excluding hydrogens is 249 g/mol. The molecule has 0 saturated carbocycles. The number of Topliss-reactive ketones (excluding diaryl/α,β-unsaturated/α-hetero) is 1. The summed E-state index contributed by atoms with van der Waals surface area (Å²) in [6.45, 7) is 2.09. The Labute approximate surface area is 112 Å². The van der Waals surface area contributed by atoms with Crippen molar-refractivity contribution in [2.45, 2.75) is 19.8 Å². The number of hydrogen-bond donors (Lipinski definition) is 0. The minimum atomic E-state index is -0.385. The highest BCUT2D eigenvalue weighted by atomic mass is 19.1. The molecule has 1 aromatic carbocycles. The number of anilines is 1. The summed E-state index contributed by atoms with van der Waals surface area (Å²) >= 11 is 0. The van der Waals surface area contributed by atoms with Crippen LogP contribution in [0.25, 0.3) is 0 Å². The van der Waals surface area contributed by atoms with Gasteiger partial charge in [-0.05, 0) is 19.1 Å². The highest BCUT2D eigenvalue weighted by Crippen LogP contribution is 2.16. The van der Waals surface area contributed by atoms with E-state index in [2.05, 4.69) is 0 Å². The van der Waals surface area contributed by atoms with Gasteiger partial charge in [-0.15, -0.1) is 0 Å². The first-order valence-electron chi connectivity index (χ1n) is 6.17. The van der Waals surface area contributed by atoms with Crippen molar-refractivity contribution in [1.82, 2.24) is 0 Å². The molecule has 0 unspecified atom stereocenters. The molecule has 0 aliphatic heterocycles. The van der Waals surface area contributed by atoms with Crippen LogP contribution >= 0.6 is 0 Å². The number of likely N-dealkylation sites (N-methyl/N-ethyl adjacent to an activating group) is 1. The fraction of sp³-hybridized carbons (Fsp3) is 0.429. The maximum absolute atomic E-state index is 13.5. The van der Waals surface area contributed by atoms with E-state index >= 15 is 0 Å². The lowest BCUT2D eigenvalue weighted by Crippen LogP contribution is -2.26. The van der Waals surface area contributed by atoms with Crippen LogP contribution in [0.2, 0.25) is 0 Å². The summed E-state index contributed by atoms with van der Waals surface area (Å²) in [5.74, 6) is -0.883. The number of esters is 1. The van der Waals surface area contributed by atoms with Crippen molar-refractivity contribution >= 4 is 17.4 Å². The molecule has 0 spiro atoms. The summed E-state index contributed by atoms with van der Waals surface area (Å²) in [5, 5.41) is 0. The lowest BCUT2D eigenvalue weighted by molar-refractivity contribution is -0.144. The second kappa shape index (κ2) is 7.51. The van der Waals surface area contributed by atoms with E-state index in [1.165, 1.54) is 11.0 Å². The molecule has 0 heterocycles. The number of nitrogens with zero attached hydrogens (tertiary/aromatic N) is 1. The zero-order valence-electron chi connectivity index (χ0n) is 11.2. The Kier molecular flexibility index (Phi) is 5.99. The van der Waals surface area contributed by atoms with E-state index in [9.17, 15) is 14.0 Å². The molecule has 0 fully saturated rings. The Hall–Kier alpha value is -1.91. The fourth-order valence-electron chi connectivity index (χ4n) is 1.66. The van der Waals surface area contributed by atoms with E-state index in [4.69, 9.17) is 4.74 Å². The number of para-hydroxylation sites is 1. The topological polar surface area (TPSA) is 46.6 Å². The van der Waals surface area contributed by atoms with Gasteiger partial charge in [-0.3, -0.25) is 9.59 Å². The number of ether oxygens (including phenoxy) is 1. The highest BCUT2D eigenvalue weighted by molar-refractivity contribution is 5.86. The molecule has 0 aliphatic carbocycles. The number of halogens is 1. The number of hydrogen-bond acceptors (Lipinski definition) is 4. The van der Waals surface area contributed by atoms with Crippen molar-refractivity contribution in [1.29, 1.82) is 0 Å². The smallest absolute Gasteiger partial charge is 0.306 e. The molecule has 0 N–H and O–H groups in total. The Morgan fingerprint density at radius 3 is 2.58 bits per heavy atom. The van der Waals surface area contributed by atoms with Crippen LogP contribution in [0.5, 0.6) is 0 Å². The first-order chi connectivity index (χ1) is 9.04. The number of carbonyl (C=O) groups is 2. The number of ketones is 1. The summed E-state index contributed by atoms with van der Waals surface area (Å²) in [5.41, 5.74) is 0.368. The van der Waals surface area contributed by atoms with Gasteiger partial charge in [0.05, 0.1) is 25.3 Å². The van der Waals surface area contributed by atoms with Gasteiger partial charge < -0.3 is 9.64 Å². The average Bonchev–Trinajstić information content (AvgIpc) is 2.37. The molecule has 19 heavy (non-hydrogen) atoms. The molecule has 0 atom stereocenters. The molecule has 0 amide bonds. The fourth-order valence-corrected chi connectivity index (χ4v) is 1.66. The van der Waals surface area contributed by atoms with E-state index in [0.29, 0.717) is 12.3 Å². The van der Waals surface area contributed by atoms with Crippen molar-refractivity contribution in [3.8, 4) is 0 Å². The van der Waals surface area contributed by atoms with Gasteiger partial charge in [0.25, 0.3) is 0 Å². The van der Waals surface area contributed by atoms with E-state index in [-0.39, 0.29) is 37.0 Å². The molecule has 1 aromatic rings. The predicted molar refractivity (Wildman–Crippen MR) is 70.5 cm³/mol. The van der Waals surface area contributed by atoms with Gasteiger partial charge in [0.15, 0.2) is 5.78 Å². The summed E-state index contributed by atoms with van der Waals surface area (Å²) in [7, 11) is 1.64. The van der Waals surface area contributed by atoms with Crippen LogP contribution in [0.3, 0.4) is 0 Å². The highest BCUT2D eigenvalue weighted by Gasteiger charge is 2.12. The molecule has 0 aliphatic rings. The van der Waals surface area contributed by atoms with Gasteiger partial charge in [0.2, 0.25) is 0 Å². The van der Waals surface area contributed by atoms with Gasteiger partial charge in [0, 0.05) is 13.5 Å². The van der Waals surface area contributed by atoms with Crippen molar-refractivity contribution in [3.05, 3.63) is 30.1 Å². The first-order valence-corrected chi connectivity index (χ1v) is 6.17. The lowest BCUT2D eigenvalue weighted by atomic mass is 10.2. The Morgan fingerprint density at radius 1 is 1.26 bits per heavy atom. The van der Waals surface area contributed by atoms with Gasteiger partial charge in [-0.25, -0.2) is 4.39 Å². The standard InChI is InChI=1S/C14H18FNO3/c1-3-19-14(18)9-8-11(17)10-16(2)13-7-5-4-6-12(13)15/h4-7H,3,8-10H2,1-2H3. The largest absolute Gasteiger partial charge is 0.466 e. The number of benzene rings is 1.